The van der Waals surface area contributed by atoms with Crippen LogP contribution in [0.4, 0.5) is 5.95 Å². The summed E-state index contributed by atoms with van der Waals surface area (Å²) >= 11 is 0. The Morgan fingerprint density at radius 1 is 1.33 bits per heavy atom. The van der Waals surface area contributed by atoms with Gasteiger partial charge in [-0.1, -0.05) is 24.3 Å². The second-order valence-electron chi connectivity index (χ2n) is 6.41. The van der Waals surface area contributed by atoms with E-state index in [4.69, 9.17) is 0 Å². The van der Waals surface area contributed by atoms with Gasteiger partial charge in [0, 0.05) is 18.5 Å². The van der Waals surface area contributed by atoms with Gasteiger partial charge in [0.25, 0.3) is 0 Å². The highest BCUT2D eigenvalue weighted by Crippen LogP contribution is 2.28. The normalized spacial score (nSPS) is 21.1. The molecule has 0 bridgehead atoms. The summed E-state index contributed by atoms with van der Waals surface area (Å²) in [5.41, 5.74) is 2.27. The van der Waals surface area contributed by atoms with E-state index in [1.807, 2.05) is 18.2 Å². The summed E-state index contributed by atoms with van der Waals surface area (Å²) in [6.07, 6.45) is 1.63. The Labute approximate surface area is 140 Å². The number of fused-ring (bicyclic) bond motifs is 3. The fourth-order valence-electron chi connectivity index (χ4n) is 3.40. The topological polar surface area (TPSA) is 94.0 Å². The van der Waals surface area contributed by atoms with Crippen LogP contribution >= 0.6 is 0 Å². The molecule has 1 saturated heterocycles. The summed E-state index contributed by atoms with van der Waals surface area (Å²) in [5.74, 6) is 0.990. The Morgan fingerprint density at radius 3 is 2.96 bits per heavy atom. The molecular weight excluding hydrogens is 328 g/mol. The quantitative estimate of drug-likeness (QED) is 0.903. The van der Waals surface area contributed by atoms with E-state index in [2.05, 4.69) is 21.5 Å². The Bertz CT molecular complexity index is 904. The number of nitrogens with one attached hydrogen (secondary N) is 1. The Balaban J connectivity index is 1.47. The first-order valence-corrected chi connectivity index (χ1v) is 9.86. The van der Waals surface area contributed by atoms with Crippen LogP contribution in [0.5, 0.6) is 0 Å². The number of benzene rings is 1. The molecule has 0 saturated carbocycles. The summed E-state index contributed by atoms with van der Waals surface area (Å²) in [6.45, 7) is 0.732. The maximum absolute atomic E-state index is 12.1. The molecule has 0 radical (unpaired) electrons. The summed E-state index contributed by atoms with van der Waals surface area (Å²) in [5, 5.41) is 7.06. The van der Waals surface area contributed by atoms with Crippen molar-refractivity contribution < 1.29 is 13.2 Å². The smallest absolute Gasteiger partial charge is 0.249 e. The average Bonchev–Trinajstić information content (AvgIpc) is 3.09. The number of nitrogens with zero attached hydrogens (tertiary/aromatic N) is 3. The minimum absolute atomic E-state index is 0.0981. The zero-order valence-electron chi connectivity index (χ0n) is 13.1. The van der Waals surface area contributed by atoms with Gasteiger partial charge in [-0.3, -0.25) is 10.1 Å². The third kappa shape index (κ3) is 2.93. The molecule has 0 aliphatic carbocycles. The minimum atomic E-state index is -2.97. The van der Waals surface area contributed by atoms with E-state index in [0.29, 0.717) is 6.42 Å². The first kappa shape index (κ1) is 15.3. The second kappa shape index (κ2) is 5.70. The number of amides is 1. The van der Waals surface area contributed by atoms with E-state index in [1.54, 1.807) is 4.68 Å². The van der Waals surface area contributed by atoms with Crippen molar-refractivity contribution in [3.63, 3.8) is 0 Å². The molecule has 7 nitrogen and oxygen atoms in total. The number of aromatic nitrogens is 3. The van der Waals surface area contributed by atoms with E-state index in [1.165, 1.54) is 5.56 Å². The van der Waals surface area contributed by atoms with Gasteiger partial charge in [-0.2, -0.15) is 4.98 Å². The van der Waals surface area contributed by atoms with Crippen LogP contribution in [0, 0.1) is 5.92 Å². The molecule has 2 aliphatic rings. The largest absolute Gasteiger partial charge is 0.293 e. The van der Waals surface area contributed by atoms with Crippen LogP contribution < -0.4 is 5.32 Å². The van der Waals surface area contributed by atoms with Gasteiger partial charge in [-0.25, -0.2) is 13.1 Å². The van der Waals surface area contributed by atoms with Crippen LogP contribution in [0.2, 0.25) is 0 Å². The molecule has 2 aromatic rings. The number of hydrogen-bond donors (Lipinski definition) is 1. The first-order chi connectivity index (χ1) is 11.5. The molecule has 1 amide bonds. The van der Waals surface area contributed by atoms with Crippen molar-refractivity contribution in [3.05, 3.63) is 29.8 Å². The van der Waals surface area contributed by atoms with Gasteiger partial charge < -0.3 is 0 Å². The lowest BCUT2D eigenvalue weighted by atomic mass is 10.0. The molecule has 3 heterocycles. The summed E-state index contributed by atoms with van der Waals surface area (Å²) in [4.78, 5) is 16.6. The van der Waals surface area contributed by atoms with Crippen LogP contribution in [0.1, 0.15) is 18.4 Å². The van der Waals surface area contributed by atoms with Crippen molar-refractivity contribution >= 4 is 21.7 Å². The number of anilines is 1. The number of rotatable bonds is 3. The highest BCUT2D eigenvalue weighted by Gasteiger charge is 2.30. The van der Waals surface area contributed by atoms with Gasteiger partial charge in [0.2, 0.25) is 11.9 Å². The lowest BCUT2D eigenvalue weighted by molar-refractivity contribution is -0.116. The van der Waals surface area contributed by atoms with Gasteiger partial charge in [0.1, 0.15) is 0 Å². The fraction of sp³-hybridized carbons (Fsp3) is 0.438. The SMILES string of the molecule is O=C(CC1CCS(=O)(=O)C1)Nc1nc2n(n1)CCc1ccccc1-2. The maximum Gasteiger partial charge on any atom is 0.249 e. The monoisotopic (exact) mass is 346 g/mol. The maximum atomic E-state index is 12.1. The predicted octanol–water partition coefficient (Wildman–Crippen LogP) is 1.26. The predicted molar refractivity (Wildman–Crippen MR) is 89.2 cm³/mol. The number of hydrogen-bond acceptors (Lipinski definition) is 5. The van der Waals surface area contributed by atoms with Crippen molar-refractivity contribution in [2.45, 2.75) is 25.8 Å². The van der Waals surface area contributed by atoms with Crippen molar-refractivity contribution in [2.75, 3.05) is 16.8 Å². The average molecular weight is 346 g/mol. The van der Waals surface area contributed by atoms with Crippen LogP contribution in [-0.2, 0) is 27.6 Å². The first-order valence-electron chi connectivity index (χ1n) is 8.03. The van der Waals surface area contributed by atoms with Crippen LogP contribution in [0.25, 0.3) is 11.4 Å². The number of sulfone groups is 1. The molecule has 126 valence electrons. The molecule has 1 N–H and O–H groups in total. The Morgan fingerprint density at radius 2 is 2.17 bits per heavy atom. The third-order valence-corrected chi connectivity index (χ3v) is 6.41. The third-order valence-electron chi connectivity index (χ3n) is 4.57. The molecular formula is C16H18N4O3S. The fourth-order valence-corrected chi connectivity index (χ4v) is 5.27. The van der Waals surface area contributed by atoms with Crippen molar-refractivity contribution in [1.82, 2.24) is 14.8 Å². The Kier molecular flexibility index (Phi) is 3.64. The standard InChI is InChI=1S/C16H18N4O3S/c21-14(9-11-6-8-24(22,23)10-11)17-16-18-15-13-4-2-1-3-12(13)5-7-20(15)19-16/h1-4,11H,5-10H2,(H,17,19,21). The minimum Gasteiger partial charge on any atom is -0.293 e. The molecule has 8 heteroatoms. The highest BCUT2D eigenvalue weighted by molar-refractivity contribution is 7.91. The van der Waals surface area contributed by atoms with E-state index < -0.39 is 9.84 Å². The van der Waals surface area contributed by atoms with E-state index in [0.717, 1.165) is 24.4 Å². The van der Waals surface area contributed by atoms with Crippen molar-refractivity contribution in [3.8, 4) is 11.4 Å². The molecule has 24 heavy (non-hydrogen) atoms. The number of carbonyl (C=O) groups is 1. The molecule has 2 aliphatic heterocycles. The highest BCUT2D eigenvalue weighted by atomic mass is 32.2. The van der Waals surface area contributed by atoms with Gasteiger partial charge in [-0.15, -0.1) is 5.10 Å². The molecule has 1 fully saturated rings. The van der Waals surface area contributed by atoms with E-state index >= 15 is 0 Å². The summed E-state index contributed by atoms with van der Waals surface area (Å²) in [7, 11) is -2.97. The van der Waals surface area contributed by atoms with Crippen molar-refractivity contribution in [2.24, 2.45) is 5.92 Å². The summed E-state index contributed by atoms with van der Waals surface area (Å²) < 4.78 is 24.7. The van der Waals surface area contributed by atoms with E-state index in [9.17, 15) is 13.2 Å². The van der Waals surface area contributed by atoms with Crippen LogP contribution in [0.15, 0.2) is 24.3 Å². The molecule has 1 aromatic carbocycles. The number of aryl methyl sites for hydroxylation is 2. The van der Waals surface area contributed by atoms with Gasteiger partial charge in [-0.05, 0) is 24.3 Å². The molecule has 4 rings (SSSR count). The van der Waals surface area contributed by atoms with Gasteiger partial charge in [0.05, 0.1) is 11.5 Å². The Hall–Kier alpha value is -2.22. The molecule has 0 spiro atoms. The lowest BCUT2D eigenvalue weighted by Crippen LogP contribution is -2.18. The van der Waals surface area contributed by atoms with Gasteiger partial charge in [0.15, 0.2) is 15.7 Å². The van der Waals surface area contributed by atoms with Crippen LogP contribution in [-0.4, -0.2) is 40.6 Å². The molecule has 1 aromatic heterocycles. The van der Waals surface area contributed by atoms with E-state index in [-0.39, 0.29) is 35.7 Å². The zero-order chi connectivity index (χ0) is 16.7. The number of carbonyl (C=O) groups excluding carboxylic acids is 1. The van der Waals surface area contributed by atoms with Crippen molar-refractivity contribution in [1.29, 1.82) is 0 Å². The lowest BCUT2D eigenvalue weighted by Gasteiger charge is -2.15. The molecule has 1 atom stereocenters. The molecule has 1 unspecified atom stereocenters. The van der Waals surface area contributed by atoms with Crippen LogP contribution in [0.3, 0.4) is 0 Å². The van der Waals surface area contributed by atoms with Gasteiger partial charge >= 0.3 is 0 Å². The summed E-state index contributed by atoms with van der Waals surface area (Å²) in [6, 6.07) is 8.04. The second-order valence-corrected chi connectivity index (χ2v) is 8.64. The zero-order valence-corrected chi connectivity index (χ0v) is 13.9.